The molecule has 1 saturated carbocycles. The van der Waals surface area contributed by atoms with Crippen LogP contribution in [0.4, 0.5) is 26.3 Å². The van der Waals surface area contributed by atoms with Crippen LogP contribution < -0.4 is 0 Å². The Morgan fingerprint density at radius 1 is 0.882 bits per heavy atom. The summed E-state index contributed by atoms with van der Waals surface area (Å²) in [6, 6.07) is 0. The van der Waals surface area contributed by atoms with E-state index in [0.717, 1.165) is 0 Å². The maximum Gasteiger partial charge on any atom is 0.392 e. The standard InChI is InChI=1S/C11H16F6/c1-6(2)8-4-3-7(10(12,13)14)5-9(8)11(15,16)17/h6-9H,3-5H2,1-2H3. The zero-order valence-electron chi connectivity index (χ0n) is 9.70. The zero-order chi connectivity index (χ0) is 13.4. The van der Waals surface area contributed by atoms with Crippen LogP contribution in [-0.2, 0) is 0 Å². The highest BCUT2D eigenvalue weighted by Crippen LogP contribution is 2.50. The highest BCUT2D eigenvalue weighted by molar-refractivity contribution is 4.88. The Balaban J connectivity index is 2.85. The first kappa shape index (κ1) is 14.6. The topological polar surface area (TPSA) is 0 Å². The molecule has 1 fully saturated rings. The largest absolute Gasteiger partial charge is 0.392 e. The molecule has 102 valence electrons. The Kier molecular flexibility index (Phi) is 4.04. The minimum atomic E-state index is -4.53. The van der Waals surface area contributed by atoms with E-state index in [1.807, 2.05) is 0 Å². The van der Waals surface area contributed by atoms with Gasteiger partial charge in [0.1, 0.15) is 0 Å². The molecule has 6 heteroatoms. The van der Waals surface area contributed by atoms with Gasteiger partial charge in [0.2, 0.25) is 0 Å². The average molecular weight is 262 g/mol. The van der Waals surface area contributed by atoms with Crippen molar-refractivity contribution in [2.24, 2.45) is 23.7 Å². The summed E-state index contributed by atoms with van der Waals surface area (Å²) < 4.78 is 75.6. The van der Waals surface area contributed by atoms with Crippen molar-refractivity contribution < 1.29 is 26.3 Å². The Morgan fingerprint density at radius 3 is 1.76 bits per heavy atom. The fraction of sp³-hybridized carbons (Fsp3) is 1.00. The van der Waals surface area contributed by atoms with Gasteiger partial charge in [0.25, 0.3) is 0 Å². The van der Waals surface area contributed by atoms with Crippen molar-refractivity contribution >= 4 is 0 Å². The molecule has 0 amide bonds. The lowest BCUT2D eigenvalue weighted by Gasteiger charge is -2.39. The van der Waals surface area contributed by atoms with E-state index in [-0.39, 0.29) is 18.8 Å². The molecular weight excluding hydrogens is 246 g/mol. The minimum Gasteiger partial charge on any atom is -0.171 e. The normalized spacial score (nSPS) is 31.9. The van der Waals surface area contributed by atoms with Crippen LogP contribution in [0.5, 0.6) is 0 Å². The van der Waals surface area contributed by atoms with Crippen LogP contribution >= 0.6 is 0 Å². The minimum absolute atomic E-state index is 0.00597. The van der Waals surface area contributed by atoms with Gasteiger partial charge in [-0.15, -0.1) is 0 Å². The van der Waals surface area contributed by atoms with Crippen molar-refractivity contribution in [1.82, 2.24) is 0 Å². The lowest BCUT2D eigenvalue weighted by Crippen LogP contribution is -2.41. The van der Waals surface area contributed by atoms with Crippen molar-refractivity contribution in [3.63, 3.8) is 0 Å². The molecule has 0 aliphatic heterocycles. The summed E-state index contributed by atoms with van der Waals surface area (Å²) in [6.07, 6.45) is -10.0. The predicted molar refractivity (Wildman–Crippen MR) is 51.3 cm³/mol. The Hall–Kier alpha value is -0.420. The summed E-state index contributed by atoms with van der Waals surface area (Å²) in [5.74, 6) is -4.54. The lowest BCUT2D eigenvalue weighted by molar-refractivity contribution is -0.237. The van der Waals surface area contributed by atoms with Gasteiger partial charge in [-0.05, 0) is 31.1 Å². The van der Waals surface area contributed by atoms with Gasteiger partial charge in [-0.25, -0.2) is 0 Å². The number of rotatable bonds is 1. The van der Waals surface area contributed by atoms with Gasteiger partial charge in [-0.1, -0.05) is 13.8 Å². The molecule has 0 spiro atoms. The Morgan fingerprint density at radius 2 is 1.41 bits per heavy atom. The second kappa shape index (κ2) is 4.69. The number of halogens is 6. The first-order valence-electron chi connectivity index (χ1n) is 5.67. The molecule has 1 rings (SSSR count). The zero-order valence-corrected chi connectivity index (χ0v) is 9.70. The van der Waals surface area contributed by atoms with Gasteiger partial charge in [0.15, 0.2) is 0 Å². The van der Waals surface area contributed by atoms with Crippen molar-refractivity contribution in [1.29, 1.82) is 0 Å². The molecule has 0 aromatic rings. The first-order chi connectivity index (χ1) is 7.53. The summed E-state index contributed by atoms with van der Waals surface area (Å²) >= 11 is 0. The molecule has 1 aliphatic carbocycles. The fourth-order valence-corrected chi connectivity index (χ4v) is 2.67. The number of hydrogen-bond donors (Lipinski definition) is 0. The third-order valence-electron chi connectivity index (χ3n) is 3.64. The van der Waals surface area contributed by atoms with Gasteiger partial charge in [0.05, 0.1) is 11.8 Å². The maximum absolute atomic E-state index is 12.7. The van der Waals surface area contributed by atoms with Gasteiger partial charge in [-0.2, -0.15) is 26.3 Å². The molecule has 0 aromatic heterocycles. The average Bonchev–Trinajstić information content (AvgIpc) is 2.14. The lowest BCUT2D eigenvalue weighted by atomic mass is 9.69. The van der Waals surface area contributed by atoms with E-state index in [1.54, 1.807) is 13.8 Å². The van der Waals surface area contributed by atoms with E-state index in [2.05, 4.69) is 0 Å². The van der Waals surface area contributed by atoms with Crippen LogP contribution in [0.2, 0.25) is 0 Å². The highest BCUT2D eigenvalue weighted by Gasteiger charge is 2.53. The molecule has 3 atom stereocenters. The maximum atomic E-state index is 12.7. The quantitative estimate of drug-likeness (QED) is 0.595. The van der Waals surface area contributed by atoms with Crippen LogP contribution in [0.15, 0.2) is 0 Å². The summed E-state index contributed by atoms with van der Waals surface area (Å²) in [5.41, 5.74) is 0. The van der Waals surface area contributed by atoms with Crippen LogP contribution in [-0.4, -0.2) is 12.4 Å². The number of hydrogen-bond acceptors (Lipinski definition) is 0. The van der Waals surface area contributed by atoms with E-state index in [1.165, 1.54) is 0 Å². The summed E-state index contributed by atoms with van der Waals surface area (Å²) in [6.45, 7) is 3.27. The van der Waals surface area contributed by atoms with Crippen LogP contribution in [0.3, 0.4) is 0 Å². The van der Waals surface area contributed by atoms with Crippen molar-refractivity contribution in [2.75, 3.05) is 0 Å². The van der Waals surface area contributed by atoms with Gasteiger partial charge >= 0.3 is 12.4 Å². The number of alkyl halides is 6. The second-order valence-electron chi connectivity index (χ2n) is 5.11. The van der Waals surface area contributed by atoms with E-state index in [0.29, 0.717) is 0 Å². The van der Waals surface area contributed by atoms with Crippen molar-refractivity contribution in [3.05, 3.63) is 0 Å². The Bertz CT molecular complexity index is 252. The molecule has 0 aromatic carbocycles. The second-order valence-corrected chi connectivity index (χ2v) is 5.11. The van der Waals surface area contributed by atoms with Crippen molar-refractivity contribution in [3.8, 4) is 0 Å². The summed E-state index contributed by atoms with van der Waals surface area (Å²) in [4.78, 5) is 0. The SMILES string of the molecule is CC(C)C1CCC(C(F)(F)F)CC1C(F)(F)F. The smallest absolute Gasteiger partial charge is 0.171 e. The van der Waals surface area contributed by atoms with Crippen LogP contribution in [0.25, 0.3) is 0 Å². The molecule has 1 aliphatic rings. The van der Waals surface area contributed by atoms with E-state index >= 15 is 0 Å². The van der Waals surface area contributed by atoms with E-state index in [9.17, 15) is 26.3 Å². The summed E-state index contributed by atoms with van der Waals surface area (Å²) in [7, 11) is 0. The first-order valence-corrected chi connectivity index (χ1v) is 5.67. The molecule has 0 N–H and O–H groups in total. The third-order valence-corrected chi connectivity index (χ3v) is 3.64. The molecule has 0 heterocycles. The van der Waals surface area contributed by atoms with E-state index < -0.39 is 36.5 Å². The van der Waals surface area contributed by atoms with E-state index in [4.69, 9.17) is 0 Å². The predicted octanol–water partition coefficient (Wildman–Crippen LogP) is 4.80. The van der Waals surface area contributed by atoms with Gasteiger partial charge in [0, 0.05) is 0 Å². The fourth-order valence-electron chi connectivity index (χ4n) is 2.67. The molecule has 0 bridgehead atoms. The Labute approximate surface area is 96.4 Å². The third kappa shape index (κ3) is 3.52. The molecule has 17 heavy (non-hydrogen) atoms. The summed E-state index contributed by atoms with van der Waals surface area (Å²) in [5, 5.41) is 0. The molecular formula is C11H16F6. The van der Waals surface area contributed by atoms with Crippen molar-refractivity contribution in [2.45, 2.75) is 45.5 Å². The molecule has 3 unspecified atom stereocenters. The molecule has 0 radical (unpaired) electrons. The van der Waals surface area contributed by atoms with Crippen LogP contribution in [0, 0.1) is 23.7 Å². The van der Waals surface area contributed by atoms with Crippen LogP contribution in [0.1, 0.15) is 33.1 Å². The molecule has 0 nitrogen and oxygen atoms in total. The highest BCUT2D eigenvalue weighted by atomic mass is 19.4. The van der Waals surface area contributed by atoms with Gasteiger partial charge in [-0.3, -0.25) is 0 Å². The van der Waals surface area contributed by atoms with Gasteiger partial charge < -0.3 is 0 Å². The molecule has 0 saturated heterocycles. The monoisotopic (exact) mass is 262 g/mol.